The number of hydrogen-bond donors (Lipinski definition) is 1. The molecule has 1 fully saturated rings. The van der Waals surface area contributed by atoms with Crippen molar-refractivity contribution in [2.24, 2.45) is 11.7 Å². The molecule has 0 saturated carbocycles. The molecule has 6 heteroatoms. The van der Waals surface area contributed by atoms with Gasteiger partial charge in [0.25, 0.3) is 10.2 Å². The van der Waals surface area contributed by atoms with Crippen LogP contribution in [0, 0.1) is 5.92 Å². The molecule has 1 aliphatic heterocycles. The van der Waals surface area contributed by atoms with E-state index in [0.29, 0.717) is 32.1 Å². The SMILES string of the molecule is CCCN(CCC)S(=O)(=O)N1CCC(C)C(N)C1. The Labute approximate surface area is 112 Å². The second kappa shape index (κ2) is 6.84. The molecule has 0 radical (unpaired) electrons. The first-order valence-electron chi connectivity index (χ1n) is 6.94. The smallest absolute Gasteiger partial charge is 0.282 e. The predicted molar refractivity (Wildman–Crippen MR) is 74.4 cm³/mol. The molecule has 0 aromatic rings. The molecule has 0 aromatic carbocycles. The van der Waals surface area contributed by atoms with Gasteiger partial charge in [-0.3, -0.25) is 0 Å². The lowest BCUT2D eigenvalue weighted by atomic mass is 9.96. The van der Waals surface area contributed by atoms with Crippen LogP contribution in [0.25, 0.3) is 0 Å². The lowest BCUT2D eigenvalue weighted by molar-refractivity contribution is 0.235. The van der Waals surface area contributed by atoms with Crippen LogP contribution in [0.3, 0.4) is 0 Å². The summed E-state index contributed by atoms with van der Waals surface area (Å²) >= 11 is 0. The van der Waals surface area contributed by atoms with Gasteiger partial charge in [-0.15, -0.1) is 0 Å². The molecule has 108 valence electrons. The molecule has 1 saturated heterocycles. The average Bonchev–Trinajstić information content (AvgIpc) is 2.32. The zero-order valence-corrected chi connectivity index (χ0v) is 12.6. The molecule has 0 aromatic heterocycles. The van der Waals surface area contributed by atoms with Gasteiger partial charge in [0.05, 0.1) is 0 Å². The van der Waals surface area contributed by atoms with E-state index in [0.717, 1.165) is 19.3 Å². The summed E-state index contributed by atoms with van der Waals surface area (Å²) in [5.74, 6) is 0.405. The molecule has 0 aliphatic carbocycles. The molecule has 0 spiro atoms. The Morgan fingerprint density at radius 2 is 1.83 bits per heavy atom. The third kappa shape index (κ3) is 3.66. The van der Waals surface area contributed by atoms with Crippen molar-refractivity contribution in [3.63, 3.8) is 0 Å². The van der Waals surface area contributed by atoms with Gasteiger partial charge in [0.2, 0.25) is 0 Å². The van der Waals surface area contributed by atoms with Crippen molar-refractivity contribution < 1.29 is 8.42 Å². The normalized spacial score (nSPS) is 26.7. The van der Waals surface area contributed by atoms with Crippen LogP contribution in [-0.4, -0.2) is 49.2 Å². The second-order valence-electron chi connectivity index (χ2n) is 5.19. The lowest BCUT2D eigenvalue weighted by Crippen LogP contribution is -2.54. The van der Waals surface area contributed by atoms with Gasteiger partial charge in [-0.1, -0.05) is 20.8 Å². The van der Waals surface area contributed by atoms with Crippen LogP contribution in [0.5, 0.6) is 0 Å². The van der Waals surface area contributed by atoms with Gasteiger partial charge < -0.3 is 5.73 Å². The topological polar surface area (TPSA) is 66.6 Å². The Morgan fingerprint density at radius 1 is 1.28 bits per heavy atom. The standard InChI is InChI=1S/C12H27N3O2S/c1-4-7-14(8-5-2)18(16,17)15-9-6-11(3)12(13)10-15/h11-12H,4-10,13H2,1-3H3. The molecule has 2 N–H and O–H groups in total. The minimum Gasteiger partial charge on any atom is -0.326 e. The molecule has 0 amide bonds. The Bertz CT molecular complexity index is 339. The number of nitrogens with two attached hydrogens (primary N) is 1. The minimum atomic E-state index is -3.32. The maximum Gasteiger partial charge on any atom is 0.282 e. The fourth-order valence-electron chi connectivity index (χ4n) is 2.28. The van der Waals surface area contributed by atoms with Crippen LogP contribution in [0.15, 0.2) is 0 Å². The van der Waals surface area contributed by atoms with E-state index in [-0.39, 0.29) is 6.04 Å². The van der Waals surface area contributed by atoms with E-state index in [4.69, 9.17) is 5.73 Å². The van der Waals surface area contributed by atoms with Crippen molar-refractivity contribution in [2.75, 3.05) is 26.2 Å². The summed E-state index contributed by atoms with van der Waals surface area (Å²) in [5, 5.41) is 0. The molecule has 1 rings (SSSR count). The molecular formula is C12H27N3O2S. The Balaban J connectivity index is 2.77. The summed E-state index contributed by atoms with van der Waals surface area (Å²) in [4.78, 5) is 0. The zero-order valence-electron chi connectivity index (χ0n) is 11.8. The summed E-state index contributed by atoms with van der Waals surface area (Å²) in [6.45, 7) is 8.33. The van der Waals surface area contributed by atoms with Crippen LogP contribution < -0.4 is 5.73 Å². The highest BCUT2D eigenvalue weighted by Gasteiger charge is 2.34. The third-order valence-electron chi connectivity index (χ3n) is 3.58. The largest absolute Gasteiger partial charge is 0.326 e. The van der Waals surface area contributed by atoms with E-state index in [1.165, 1.54) is 0 Å². The molecule has 18 heavy (non-hydrogen) atoms. The van der Waals surface area contributed by atoms with Crippen molar-refractivity contribution in [1.82, 2.24) is 8.61 Å². The number of nitrogens with zero attached hydrogens (tertiary/aromatic N) is 2. The molecule has 5 nitrogen and oxygen atoms in total. The van der Waals surface area contributed by atoms with E-state index in [9.17, 15) is 8.42 Å². The van der Waals surface area contributed by atoms with E-state index < -0.39 is 10.2 Å². The van der Waals surface area contributed by atoms with Crippen LogP contribution in [0.4, 0.5) is 0 Å². The van der Waals surface area contributed by atoms with Crippen molar-refractivity contribution in [3.05, 3.63) is 0 Å². The highest BCUT2D eigenvalue weighted by atomic mass is 32.2. The van der Waals surface area contributed by atoms with Gasteiger partial charge in [0, 0.05) is 32.2 Å². The quantitative estimate of drug-likeness (QED) is 0.788. The lowest BCUT2D eigenvalue weighted by Gasteiger charge is -2.37. The maximum absolute atomic E-state index is 12.5. The molecule has 1 aliphatic rings. The average molecular weight is 277 g/mol. The van der Waals surface area contributed by atoms with E-state index >= 15 is 0 Å². The van der Waals surface area contributed by atoms with Crippen LogP contribution in [0.2, 0.25) is 0 Å². The zero-order chi connectivity index (χ0) is 13.8. The maximum atomic E-state index is 12.5. The van der Waals surface area contributed by atoms with Gasteiger partial charge in [-0.05, 0) is 25.2 Å². The van der Waals surface area contributed by atoms with E-state index in [1.54, 1.807) is 8.61 Å². The fraction of sp³-hybridized carbons (Fsp3) is 1.00. The number of rotatable bonds is 6. The first-order valence-corrected chi connectivity index (χ1v) is 8.34. The molecule has 2 unspecified atom stereocenters. The summed E-state index contributed by atoms with van der Waals surface area (Å²) in [7, 11) is -3.32. The van der Waals surface area contributed by atoms with Crippen LogP contribution >= 0.6 is 0 Å². The molecule has 0 bridgehead atoms. The Kier molecular flexibility index (Phi) is 6.04. The number of piperidine rings is 1. The van der Waals surface area contributed by atoms with Gasteiger partial charge in [0.15, 0.2) is 0 Å². The number of hydrogen-bond acceptors (Lipinski definition) is 3. The van der Waals surface area contributed by atoms with Crippen LogP contribution in [-0.2, 0) is 10.2 Å². The van der Waals surface area contributed by atoms with Gasteiger partial charge in [0.1, 0.15) is 0 Å². The second-order valence-corrected chi connectivity index (χ2v) is 7.12. The Hall–Kier alpha value is -0.170. The Morgan fingerprint density at radius 3 is 2.28 bits per heavy atom. The summed E-state index contributed by atoms with van der Waals surface area (Å²) in [6.07, 6.45) is 2.54. The summed E-state index contributed by atoms with van der Waals surface area (Å²) in [6, 6.07) is -0.0429. The molecular weight excluding hydrogens is 250 g/mol. The summed E-state index contributed by atoms with van der Waals surface area (Å²) < 4.78 is 28.2. The monoisotopic (exact) mass is 277 g/mol. The van der Waals surface area contributed by atoms with Crippen molar-refractivity contribution in [2.45, 2.75) is 46.1 Å². The van der Waals surface area contributed by atoms with Crippen LogP contribution in [0.1, 0.15) is 40.0 Å². The highest BCUT2D eigenvalue weighted by Crippen LogP contribution is 2.20. The van der Waals surface area contributed by atoms with Gasteiger partial charge in [-0.2, -0.15) is 17.0 Å². The highest BCUT2D eigenvalue weighted by molar-refractivity contribution is 7.86. The van der Waals surface area contributed by atoms with Gasteiger partial charge in [-0.25, -0.2) is 0 Å². The first-order chi connectivity index (χ1) is 8.43. The van der Waals surface area contributed by atoms with E-state index in [2.05, 4.69) is 6.92 Å². The van der Waals surface area contributed by atoms with Gasteiger partial charge >= 0.3 is 0 Å². The minimum absolute atomic E-state index is 0.0429. The van der Waals surface area contributed by atoms with Crippen molar-refractivity contribution in [3.8, 4) is 0 Å². The third-order valence-corrected chi connectivity index (χ3v) is 5.58. The van der Waals surface area contributed by atoms with Crippen molar-refractivity contribution >= 4 is 10.2 Å². The van der Waals surface area contributed by atoms with E-state index in [1.807, 2.05) is 13.8 Å². The predicted octanol–water partition coefficient (Wildman–Crippen LogP) is 1.02. The molecule has 2 atom stereocenters. The molecule has 1 heterocycles. The van der Waals surface area contributed by atoms with Crippen molar-refractivity contribution in [1.29, 1.82) is 0 Å². The summed E-state index contributed by atoms with van der Waals surface area (Å²) in [5.41, 5.74) is 5.99. The fourth-order valence-corrected chi connectivity index (χ4v) is 4.13. The first kappa shape index (κ1) is 15.9.